The van der Waals surface area contributed by atoms with Gasteiger partial charge in [-0.3, -0.25) is 14.5 Å². The van der Waals surface area contributed by atoms with Crippen molar-refractivity contribution in [2.75, 3.05) is 52.1 Å². The lowest BCUT2D eigenvalue weighted by molar-refractivity contribution is -0.138. The molecule has 3 N–H and O–H groups in total. The molecule has 0 radical (unpaired) electrons. The van der Waals surface area contributed by atoms with Gasteiger partial charge in [0.15, 0.2) is 6.26 Å². The van der Waals surface area contributed by atoms with Gasteiger partial charge in [-0.05, 0) is 53.0 Å². The molecule has 5 rings (SSSR count). The van der Waals surface area contributed by atoms with E-state index in [-0.39, 0.29) is 29.8 Å². The highest BCUT2D eigenvalue weighted by Gasteiger charge is 2.40. The Kier molecular flexibility index (Phi) is 12.7. The third-order valence-electron chi connectivity index (χ3n) is 10.5. The number of amides is 2. The predicted molar refractivity (Wildman–Crippen MR) is 190 cm³/mol. The minimum atomic E-state index is -3.09. The number of hydrogen-bond acceptors (Lipinski definition) is 5. The fraction of sp³-hybridized carbons (Fsp3) is 0.667. The lowest BCUT2D eigenvalue weighted by Gasteiger charge is -2.44. The normalized spacial score (nSPS) is 24.9. The summed E-state index contributed by atoms with van der Waals surface area (Å²) in [7, 11) is -3.09. The number of carbonyl (C=O) groups excluding carboxylic acids is 2. The van der Waals surface area contributed by atoms with Crippen LogP contribution in [0.3, 0.4) is 0 Å². The van der Waals surface area contributed by atoms with Gasteiger partial charge in [0.25, 0.3) is 10.4 Å². The fourth-order valence-corrected chi connectivity index (χ4v) is 9.09. The largest absolute Gasteiger partial charge is 0.344 e. The van der Waals surface area contributed by atoms with Crippen molar-refractivity contribution in [1.29, 1.82) is 0 Å². The van der Waals surface area contributed by atoms with Gasteiger partial charge in [0.1, 0.15) is 6.04 Å². The number of nitrogens with one attached hydrogen (secondary N) is 2. The Morgan fingerprint density at radius 2 is 1.79 bits per heavy atom. The molecule has 2 aliphatic carbocycles. The van der Waals surface area contributed by atoms with Gasteiger partial charge in [0, 0.05) is 75.1 Å². The minimum absolute atomic E-state index is 0.0592. The highest BCUT2D eigenvalue weighted by atomic mass is 35.5. The average molecular weight is 689 g/mol. The number of piperazine rings is 1. The first kappa shape index (κ1) is 36.2. The van der Waals surface area contributed by atoms with E-state index in [4.69, 9.17) is 11.6 Å². The van der Waals surface area contributed by atoms with Gasteiger partial charge in [-0.1, -0.05) is 84.9 Å². The molecule has 2 saturated heterocycles. The summed E-state index contributed by atoms with van der Waals surface area (Å²) in [6, 6.07) is 7.03. The first-order chi connectivity index (χ1) is 22.5. The Morgan fingerprint density at radius 3 is 2.45 bits per heavy atom. The lowest BCUT2D eigenvalue weighted by Crippen LogP contribution is -2.60. The zero-order valence-electron chi connectivity index (χ0n) is 28.4. The van der Waals surface area contributed by atoms with Crippen molar-refractivity contribution in [3.05, 3.63) is 58.7 Å². The zero-order valence-corrected chi connectivity index (χ0v) is 30.0. The van der Waals surface area contributed by atoms with Crippen LogP contribution in [0.25, 0.3) is 0 Å². The van der Waals surface area contributed by atoms with Crippen LogP contribution in [0.15, 0.2) is 48.1 Å². The second kappa shape index (κ2) is 16.5. The number of carbonyl (C=O) groups is 2. The van der Waals surface area contributed by atoms with Crippen LogP contribution in [0.2, 0.25) is 5.02 Å². The minimum Gasteiger partial charge on any atom is -0.344 e. The molecule has 9 nitrogen and oxygen atoms in total. The van der Waals surface area contributed by atoms with E-state index in [2.05, 4.69) is 47.6 Å². The van der Waals surface area contributed by atoms with E-state index < -0.39 is 16.4 Å². The van der Waals surface area contributed by atoms with Gasteiger partial charge in [0.05, 0.1) is 6.54 Å². The Morgan fingerprint density at radius 1 is 1.09 bits per heavy atom. The Labute approximate surface area is 287 Å². The second-order valence-corrected chi connectivity index (χ2v) is 17.0. The van der Waals surface area contributed by atoms with E-state index in [1.807, 2.05) is 29.2 Å². The topological polar surface area (TPSA) is 105 Å². The van der Waals surface area contributed by atoms with Crippen LogP contribution in [0.4, 0.5) is 0 Å². The third kappa shape index (κ3) is 9.98. The van der Waals surface area contributed by atoms with Crippen molar-refractivity contribution >= 4 is 33.8 Å². The van der Waals surface area contributed by atoms with Crippen LogP contribution >= 0.6 is 11.6 Å². The molecule has 0 spiro atoms. The number of fused-ring (bicyclic) bond motifs is 1. The van der Waals surface area contributed by atoms with Crippen LogP contribution in [0, 0.1) is 17.8 Å². The standard InChI is InChI=1S/C36H54ClN5O4S/c1-26(2)24-42(47(3,45)46)25-34(28-9-5-4-6-10-28)40-17-19-41(20-18-40)36(44)33(21-27-13-15-30(37)16-14-27)39-35(43)22-32-31-12-8-7-11-29(31)23-38-32/h7-8,11,13-16,26,28,31-34,38H,4-6,9-10,12,17-25H2,1-3H3,(H-,39,43,45,46)/p+1. The SMILES string of the molecule is CC(C)CN(CC(C1CCCCC1)N1CCN(C(=O)C(Cc2ccc(Cl)cc2)NC(=O)CC2NCC3=CC=CCC32)CC1)[S+](C)(=O)O. The van der Waals surface area contributed by atoms with E-state index in [1.54, 1.807) is 4.31 Å². The summed E-state index contributed by atoms with van der Waals surface area (Å²) in [5, 5.41) is 7.26. The van der Waals surface area contributed by atoms with Crippen molar-refractivity contribution < 1.29 is 18.4 Å². The van der Waals surface area contributed by atoms with E-state index in [0.717, 1.165) is 31.4 Å². The fourth-order valence-electron chi connectivity index (χ4n) is 7.96. The van der Waals surface area contributed by atoms with Crippen molar-refractivity contribution in [2.45, 2.75) is 83.3 Å². The summed E-state index contributed by atoms with van der Waals surface area (Å²) < 4.78 is 25.4. The molecule has 3 fully saturated rings. The van der Waals surface area contributed by atoms with E-state index >= 15 is 0 Å². The number of benzene rings is 1. The molecule has 11 heteroatoms. The first-order valence-corrected chi connectivity index (χ1v) is 19.9. The molecule has 2 amide bonds. The molecule has 1 aromatic rings. The summed E-state index contributed by atoms with van der Waals surface area (Å²) in [6.07, 6.45) is 15.4. The Bertz CT molecular complexity index is 1320. The van der Waals surface area contributed by atoms with Crippen LogP contribution in [-0.4, -0.2) is 101 Å². The van der Waals surface area contributed by atoms with Crippen LogP contribution in [0.1, 0.15) is 64.4 Å². The molecule has 5 atom stereocenters. The third-order valence-corrected chi connectivity index (χ3v) is 12.0. The van der Waals surface area contributed by atoms with E-state index in [0.29, 0.717) is 69.0 Å². The zero-order chi connectivity index (χ0) is 33.6. The quantitative estimate of drug-likeness (QED) is 0.257. The molecule has 2 heterocycles. The van der Waals surface area contributed by atoms with Gasteiger partial charge in [-0.2, -0.15) is 4.55 Å². The molecule has 2 aliphatic heterocycles. The van der Waals surface area contributed by atoms with Crippen molar-refractivity contribution in [3.63, 3.8) is 0 Å². The summed E-state index contributed by atoms with van der Waals surface area (Å²) in [6.45, 7) is 8.64. The van der Waals surface area contributed by atoms with Crippen molar-refractivity contribution in [3.8, 4) is 0 Å². The molecule has 260 valence electrons. The number of rotatable bonds is 13. The van der Waals surface area contributed by atoms with E-state index in [1.165, 1.54) is 31.1 Å². The average Bonchev–Trinajstić information content (AvgIpc) is 3.45. The highest BCUT2D eigenvalue weighted by Crippen LogP contribution is 2.32. The molecule has 0 bridgehead atoms. The van der Waals surface area contributed by atoms with Crippen molar-refractivity contribution in [2.24, 2.45) is 17.8 Å². The number of nitrogens with zero attached hydrogens (tertiary/aromatic N) is 3. The summed E-state index contributed by atoms with van der Waals surface area (Å²) in [4.78, 5) is 31.9. The molecule has 47 heavy (non-hydrogen) atoms. The van der Waals surface area contributed by atoms with Crippen molar-refractivity contribution in [1.82, 2.24) is 24.7 Å². The van der Waals surface area contributed by atoms with Gasteiger partial charge in [0.2, 0.25) is 11.8 Å². The lowest BCUT2D eigenvalue weighted by atomic mass is 9.82. The molecule has 4 aliphatic rings. The predicted octanol–water partition coefficient (Wildman–Crippen LogP) is 4.80. The Balaban J connectivity index is 1.26. The summed E-state index contributed by atoms with van der Waals surface area (Å²) in [5.74, 6) is 0.901. The summed E-state index contributed by atoms with van der Waals surface area (Å²) >= 11 is 6.15. The monoisotopic (exact) mass is 688 g/mol. The molecule has 5 unspecified atom stereocenters. The molecular formula is C36H55ClN5O4S+. The van der Waals surface area contributed by atoms with Crippen LogP contribution in [-0.2, 0) is 30.6 Å². The molecule has 1 saturated carbocycles. The van der Waals surface area contributed by atoms with Crippen LogP contribution in [0.5, 0.6) is 0 Å². The number of halogens is 1. The summed E-state index contributed by atoms with van der Waals surface area (Å²) in [5.41, 5.74) is 2.29. The Hall–Kier alpha value is -2.08. The number of allylic oxidation sites excluding steroid dienone is 3. The van der Waals surface area contributed by atoms with Gasteiger partial charge in [-0.25, -0.2) is 0 Å². The molecule has 0 aromatic heterocycles. The van der Waals surface area contributed by atoms with Crippen LogP contribution < -0.4 is 10.6 Å². The van der Waals surface area contributed by atoms with Gasteiger partial charge >= 0.3 is 0 Å². The maximum Gasteiger partial charge on any atom is 0.288 e. The van der Waals surface area contributed by atoms with E-state index in [9.17, 15) is 18.4 Å². The van der Waals surface area contributed by atoms with Gasteiger partial charge in [-0.15, -0.1) is 0 Å². The van der Waals surface area contributed by atoms with Gasteiger partial charge < -0.3 is 15.5 Å². The maximum atomic E-state index is 14.1. The first-order valence-electron chi connectivity index (χ1n) is 17.6. The molecular weight excluding hydrogens is 634 g/mol. The second-order valence-electron chi connectivity index (χ2n) is 14.5. The highest BCUT2D eigenvalue weighted by molar-refractivity contribution is 7.94. The maximum absolute atomic E-state index is 14.1. The molecule has 1 aromatic carbocycles. The smallest absolute Gasteiger partial charge is 0.288 e. The number of hydrogen-bond donors (Lipinski definition) is 3.